The van der Waals surface area contributed by atoms with Gasteiger partial charge in [0, 0.05) is 25.7 Å². The van der Waals surface area contributed by atoms with Crippen molar-refractivity contribution >= 4 is 27.5 Å². The quantitative estimate of drug-likeness (QED) is 0.366. The van der Waals surface area contributed by atoms with E-state index in [9.17, 15) is 18.5 Å². The first-order chi connectivity index (χ1) is 15.4. The van der Waals surface area contributed by atoms with Crippen molar-refractivity contribution in [1.82, 2.24) is 19.1 Å². The van der Waals surface area contributed by atoms with Gasteiger partial charge in [-0.2, -0.15) is 4.31 Å². The summed E-state index contributed by atoms with van der Waals surface area (Å²) in [7, 11) is -3.80. The second-order valence-corrected chi connectivity index (χ2v) is 10.3. The lowest BCUT2D eigenvalue weighted by atomic mass is 10.2. The lowest BCUT2D eigenvalue weighted by molar-refractivity contribution is -0.388. The van der Waals surface area contributed by atoms with Crippen LogP contribution in [0.25, 0.3) is 11.6 Å². The fourth-order valence-electron chi connectivity index (χ4n) is 3.65. The summed E-state index contributed by atoms with van der Waals surface area (Å²) in [6.45, 7) is 3.30. The Bertz CT molecular complexity index is 1200. The number of furan rings is 1. The molecule has 4 rings (SSSR count). The third kappa shape index (κ3) is 4.43. The molecular weight excluding hydrogens is 454 g/mol. The molecule has 3 heterocycles. The molecule has 1 aliphatic rings. The molecule has 0 aliphatic carbocycles. The average molecular weight is 478 g/mol. The molecule has 0 spiro atoms. The first-order valence-corrected chi connectivity index (χ1v) is 12.6. The molecule has 2 aromatic heterocycles. The van der Waals surface area contributed by atoms with Crippen LogP contribution in [0.2, 0.25) is 0 Å². The molecule has 1 saturated heterocycles. The van der Waals surface area contributed by atoms with Gasteiger partial charge >= 0.3 is 0 Å². The Labute approximate surface area is 189 Å². The molecular formula is C20H23N5O5S2. The SMILES string of the molecule is CCn1c(Sc2ccc(S(=O)(=O)N3CCCCCC3)cc2[N+](=O)[O-])nnc1-c1ccco1. The highest BCUT2D eigenvalue weighted by molar-refractivity contribution is 7.99. The Morgan fingerprint density at radius 1 is 1.16 bits per heavy atom. The number of nitro groups is 1. The molecule has 1 aromatic carbocycles. The molecule has 0 bridgehead atoms. The zero-order valence-corrected chi connectivity index (χ0v) is 19.1. The summed E-state index contributed by atoms with van der Waals surface area (Å²) in [5.74, 6) is 1.06. The van der Waals surface area contributed by atoms with Crippen LogP contribution >= 0.6 is 11.8 Å². The molecule has 0 atom stereocenters. The third-order valence-electron chi connectivity index (χ3n) is 5.31. The number of nitro benzene ring substituents is 1. The van der Waals surface area contributed by atoms with E-state index >= 15 is 0 Å². The molecule has 0 radical (unpaired) electrons. The van der Waals surface area contributed by atoms with E-state index in [0.29, 0.717) is 36.4 Å². The van der Waals surface area contributed by atoms with Gasteiger partial charge in [-0.25, -0.2) is 8.42 Å². The van der Waals surface area contributed by atoms with Gasteiger partial charge in [-0.1, -0.05) is 12.8 Å². The van der Waals surface area contributed by atoms with E-state index in [1.807, 2.05) is 6.92 Å². The number of aromatic nitrogens is 3. The van der Waals surface area contributed by atoms with Crippen molar-refractivity contribution < 1.29 is 17.8 Å². The highest BCUT2D eigenvalue weighted by atomic mass is 32.2. The van der Waals surface area contributed by atoms with Crippen molar-refractivity contribution in [3.63, 3.8) is 0 Å². The molecule has 3 aromatic rings. The van der Waals surface area contributed by atoms with Crippen LogP contribution < -0.4 is 0 Å². The van der Waals surface area contributed by atoms with Gasteiger partial charge in [0.2, 0.25) is 10.0 Å². The molecule has 0 N–H and O–H groups in total. The van der Waals surface area contributed by atoms with Crippen LogP contribution in [-0.4, -0.2) is 45.5 Å². The Balaban J connectivity index is 1.67. The Hall–Kier alpha value is -2.70. The van der Waals surface area contributed by atoms with Gasteiger partial charge in [-0.15, -0.1) is 10.2 Å². The van der Waals surface area contributed by atoms with E-state index in [1.54, 1.807) is 16.7 Å². The molecule has 1 fully saturated rings. The average Bonchev–Trinajstić information content (AvgIpc) is 3.35. The molecule has 0 amide bonds. The number of sulfonamides is 1. The Morgan fingerprint density at radius 2 is 1.91 bits per heavy atom. The normalized spacial score (nSPS) is 15.5. The summed E-state index contributed by atoms with van der Waals surface area (Å²) in [5.41, 5.74) is -0.281. The lowest BCUT2D eigenvalue weighted by Crippen LogP contribution is -2.31. The van der Waals surface area contributed by atoms with E-state index < -0.39 is 14.9 Å². The van der Waals surface area contributed by atoms with E-state index in [0.717, 1.165) is 43.5 Å². The summed E-state index contributed by atoms with van der Waals surface area (Å²) in [4.78, 5) is 11.5. The zero-order chi connectivity index (χ0) is 22.7. The largest absolute Gasteiger partial charge is 0.461 e. The second kappa shape index (κ2) is 9.43. The smallest absolute Gasteiger partial charge is 0.284 e. The summed E-state index contributed by atoms with van der Waals surface area (Å²) >= 11 is 1.07. The standard InChI is InChI=1S/C20H23N5O5S2/c1-2-24-19(17-8-7-13-30-17)21-22-20(24)31-18-10-9-15(14-16(18)25(26)27)32(28,29)23-11-5-3-4-6-12-23/h7-10,13-14H,2-6,11-12H2,1H3. The number of hydrogen-bond acceptors (Lipinski definition) is 8. The van der Waals surface area contributed by atoms with Gasteiger partial charge in [0.1, 0.15) is 0 Å². The van der Waals surface area contributed by atoms with Crippen LogP contribution in [-0.2, 0) is 16.6 Å². The number of nitrogens with zero attached hydrogens (tertiary/aromatic N) is 5. The monoisotopic (exact) mass is 477 g/mol. The summed E-state index contributed by atoms with van der Waals surface area (Å²) < 4.78 is 34.8. The van der Waals surface area contributed by atoms with E-state index in [2.05, 4.69) is 10.2 Å². The molecule has 0 unspecified atom stereocenters. The predicted molar refractivity (Wildman–Crippen MR) is 118 cm³/mol. The Morgan fingerprint density at radius 3 is 2.53 bits per heavy atom. The number of hydrogen-bond donors (Lipinski definition) is 0. The van der Waals surface area contributed by atoms with Crippen LogP contribution in [0.5, 0.6) is 0 Å². The van der Waals surface area contributed by atoms with Gasteiger partial charge in [0.05, 0.1) is 21.0 Å². The van der Waals surface area contributed by atoms with Crippen molar-refractivity contribution in [3.05, 3.63) is 46.7 Å². The van der Waals surface area contributed by atoms with Crippen molar-refractivity contribution in [2.45, 2.75) is 54.1 Å². The third-order valence-corrected chi connectivity index (χ3v) is 8.25. The minimum absolute atomic E-state index is 0.0660. The Kier molecular flexibility index (Phi) is 6.63. The molecule has 1 aliphatic heterocycles. The summed E-state index contributed by atoms with van der Waals surface area (Å²) in [5, 5.41) is 20.6. The maximum atomic E-state index is 13.1. The van der Waals surface area contributed by atoms with Crippen molar-refractivity contribution in [2.75, 3.05) is 13.1 Å². The molecule has 32 heavy (non-hydrogen) atoms. The first kappa shape index (κ1) is 22.5. The molecule has 170 valence electrons. The zero-order valence-electron chi connectivity index (χ0n) is 17.5. The maximum absolute atomic E-state index is 13.1. The second-order valence-electron chi connectivity index (χ2n) is 7.33. The fraction of sp³-hybridized carbons (Fsp3) is 0.400. The van der Waals surface area contributed by atoms with Gasteiger partial charge in [-0.05, 0) is 55.8 Å². The number of benzene rings is 1. The van der Waals surface area contributed by atoms with Crippen LogP contribution in [0.4, 0.5) is 5.69 Å². The van der Waals surface area contributed by atoms with Crippen LogP contribution in [0.15, 0.2) is 56.0 Å². The minimum atomic E-state index is -3.80. The van der Waals surface area contributed by atoms with E-state index in [-0.39, 0.29) is 15.5 Å². The molecule has 0 saturated carbocycles. The maximum Gasteiger partial charge on any atom is 0.284 e. The summed E-state index contributed by atoms with van der Waals surface area (Å²) in [6, 6.07) is 7.54. The van der Waals surface area contributed by atoms with Crippen LogP contribution in [0, 0.1) is 10.1 Å². The molecule has 12 heteroatoms. The van der Waals surface area contributed by atoms with Gasteiger partial charge < -0.3 is 4.42 Å². The van der Waals surface area contributed by atoms with Crippen LogP contribution in [0.3, 0.4) is 0 Å². The topological polar surface area (TPSA) is 124 Å². The first-order valence-electron chi connectivity index (χ1n) is 10.4. The van der Waals surface area contributed by atoms with Gasteiger partial charge in [0.25, 0.3) is 5.69 Å². The van der Waals surface area contributed by atoms with Gasteiger partial charge in [0.15, 0.2) is 16.7 Å². The highest BCUT2D eigenvalue weighted by Gasteiger charge is 2.29. The lowest BCUT2D eigenvalue weighted by Gasteiger charge is -2.20. The van der Waals surface area contributed by atoms with Crippen LogP contribution in [0.1, 0.15) is 32.6 Å². The van der Waals surface area contributed by atoms with Crippen molar-refractivity contribution in [3.8, 4) is 11.6 Å². The highest BCUT2D eigenvalue weighted by Crippen LogP contribution is 2.37. The van der Waals surface area contributed by atoms with E-state index in [4.69, 9.17) is 4.42 Å². The number of rotatable bonds is 7. The molecule has 10 nitrogen and oxygen atoms in total. The van der Waals surface area contributed by atoms with Gasteiger partial charge in [-0.3, -0.25) is 14.7 Å². The van der Waals surface area contributed by atoms with Crippen molar-refractivity contribution in [2.24, 2.45) is 0 Å². The van der Waals surface area contributed by atoms with Crippen molar-refractivity contribution in [1.29, 1.82) is 0 Å². The summed E-state index contributed by atoms with van der Waals surface area (Å²) in [6.07, 6.45) is 5.09. The predicted octanol–water partition coefficient (Wildman–Crippen LogP) is 4.18. The van der Waals surface area contributed by atoms with E-state index in [1.165, 1.54) is 22.7 Å². The fourth-order valence-corrected chi connectivity index (χ4v) is 6.17. The minimum Gasteiger partial charge on any atom is -0.461 e.